The Kier molecular flexibility index (Phi) is 7.22. The topological polar surface area (TPSA) is 123 Å². The Hall–Kier alpha value is -4.77. The van der Waals surface area contributed by atoms with Crippen molar-refractivity contribution in [2.75, 3.05) is 18.1 Å². The van der Waals surface area contributed by atoms with E-state index in [-0.39, 0.29) is 27.9 Å². The number of imidazole rings is 1. The number of ether oxygens (including phenoxy) is 2. The number of ketones is 1. The van der Waals surface area contributed by atoms with Gasteiger partial charge in [0.25, 0.3) is 5.78 Å². The van der Waals surface area contributed by atoms with Gasteiger partial charge in [0.15, 0.2) is 10.9 Å². The van der Waals surface area contributed by atoms with E-state index in [4.69, 9.17) is 9.47 Å². The number of aliphatic hydroxyl groups is 1. The lowest BCUT2D eigenvalue weighted by atomic mass is 9.96. The van der Waals surface area contributed by atoms with E-state index < -0.39 is 23.7 Å². The van der Waals surface area contributed by atoms with Crippen LogP contribution in [0.3, 0.4) is 0 Å². The molecule has 1 amide bonds. The molecule has 0 spiro atoms. The molecule has 1 aliphatic heterocycles. The van der Waals surface area contributed by atoms with Crippen molar-refractivity contribution >= 4 is 45.5 Å². The molecule has 1 aliphatic rings. The van der Waals surface area contributed by atoms with Crippen LogP contribution < -0.4 is 9.64 Å². The largest absolute Gasteiger partial charge is 0.505 e. The quantitative estimate of drug-likeness (QED) is 0.108. The zero-order valence-corrected chi connectivity index (χ0v) is 22.9. The molecular formula is C29H26N4O6S. The predicted molar refractivity (Wildman–Crippen MR) is 150 cm³/mol. The standard InChI is InChI=1S/C29H26N4O6S/c1-5-15-39-19-12-10-18(11-13-19)23-21(24(34)22-16(3)30-20-9-7-8-14-32(20)22)25(35)27(36)33(23)29-31-17(4)26(40-29)28(37)38-6-2/h5,7-14,23,34H,1,6,15H2,2-4H3/b24-21+. The van der Waals surface area contributed by atoms with Crippen LogP contribution in [0.4, 0.5) is 5.13 Å². The minimum atomic E-state index is -1.04. The van der Waals surface area contributed by atoms with Gasteiger partial charge in [-0.05, 0) is 50.6 Å². The van der Waals surface area contributed by atoms with Crippen LogP contribution >= 0.6 is 11.3 Å². The number of aromatic nitrogens is 3. The number of amides is 1. The summed E-state index contributed by atoms with van der Waals surface area (Å²) in [5, 5.41) is 11.8. The number of carbonyl (C=O) groups excluding carboxylic acids is 3. The van der Waals surface area contributed by atoms with Crippen molar-refractivity contribution in [1.29, 1.82) is 0 Å². The first kappa shape index (κ1) is 26.8. The second-order valence-electron chi connectivity index (χ2n) is 8.94. The maximum Gasteiger partial charge on any atom is 0.350 e. The Bertz CT molecular complexity index is 1680. The summed E-state index contributed by atoms with van der Waals surface area (Å²) in [5.41, 5.74) is 2.13. The third kappa shape index (κ3) is 4.54. The van der Waals surface area contributed by atoms with E-state index in [1.54, 1.807) is 73.8 Å². The molecule has 204 valence electrons. The highest BCUT2D eigenvalue weighted by Gasteiger charge is 2.49. The average molecular weight is 559 g/mol. The van der Waals surface area contributed by atoms with Gasteiger partial charge in [-0.2, -0.15) is 0 Å². The first-order valence-corrected chi connectivity index (χ1v) is 13.3. The molecule has 1 aromatic carbocycles. The van der Waals surface area contributed by atoms with E-state index in [1.165, 1.54) is 4.90 Å². The van der Waals surface area contributed by atoms with E-state index in [2.05, 4.69) is 16.5 Å². The molecule has 11 heteroatoms. The first-order valence-electron chi connectivity index (χ1n) is 12.5. The van der Waals surface area contributed by atoms with Gasteiger partial charge < -0.3 is 14.6 Å². The second-order valence-corrected chi connectivity index (χ2v) is 9.92. The number of benzene rings is 1. The number of fused-ring (bicyclic) bond motifs is 1. The van der Waals surface area contributed by atoms with Crippen LogP contribution in [-0.2, 0) is 14.3 Å². The molecule has 0 aliphatic carbocycles. The number of hydrogen-bond acceptors (Lipinski definition) is 9. The fraction of sp³-hybridized carbons (Fsp3) is 0.207. The summed E-state index contributed by atoms with van der Waals surface area (Å²) in [6, 6.07) is 11.2. The highest BCUT2D eigenvalue weighted by molar-refractivity contribution is 7.17. The van der Waals surface area contributed by atoms with Gasteiger partial charge >= 0.3 is 11.9 Å². The summed E-state index contributed by atoms with van der Waals surface area (Å²) < 4.78 is 12.4. The summed E-state index contributed by atoms with van der Waals surface area (Å²) in [4.78, 5) is 50.1. The molecule has 0 saturated carbocycles. The molecule has 1 N–H and O–H groups in total. The van der Waals surface area contributed by atoms with Crippen LogP contribution in [0.2, 0.25) is 0 Å². The molecule has 1 fully saturated rings. The Labute approximate surface area is 233 Å². The Morgan fingerprint density at radius 1 is 1.12 bits per heavy atom. The van der Waals surface area contributed by atoms with E-state index in [0.29, 0.717) is 40.6 Å². The highest BCUT2D eigenvalue weighted by atomic mass is 32.1. The van der Waals surface area contributed by atoms with Gasteiger partial charge in [0, 0.05) is 6.20 Å². The van der Waals surface area contributed by atoms with Crippen molar-refractivity contribution in [1.82, 2.24) is 14.4 Å². The number of aryl methyl sites for hydroxylation is 2. The zero-order chi connectivity index (χ0) is 28.6. The SMILES string of the molecule is C=CCOc1ccc(C2/C(=C(\O)c3c(C)nc4ccccn34)C(=O)C(=O)N2c2nc(C)c(C(=O)OCC)s2)cc1. The molecule has 1 atom stereocenters. The maximum absolute atomic E-state index is 13.6. The zero-order valence-electron chi connectivity index (χ0n) is 22.1. The fourth-order valence-electron chi connectivity index (χ4n) is 4.64. The molecule has 4 heterocycles. The minimum Gasteiger partial charge on any atom is -0.505 e. The number of aliphatic hydroxyl groups excluding tert-OH is 1. The Morgan fingerprint density at radius 2 is 1.88 bits per heavy atom. The molecular weight excluding hydrogens is 532 g/mol. The van der Waals surface area contributed by atoms with Crippen molar-refractivity contribution in [2.45, 2.75) is 26.8 Å². The average Bonchev–Trinajstić information content (AvgIpc) is 3.57. The van der Waals surface area contributed by atoms with Gasteiger partial charge in [0.05, 0.1) is 29.6 Å². The van der Waals surface area contributed by atoms with E-state index >= 15 is 0 Å². The third-order valence-electron chi connectivity index (χ3n) is 6.39. The van der Waals surface area contributed by atoms with Gasteiger partial charge in [-0.1, -0.05) is 42.2 Å². The van der Waals surface area contributed by atoms with Gasteiger partial charge in [-0.25, -0.2) is 14.8 Å². The molecule has 5 rings (SSSR count). The number of anilines is 1. The predicted octanol–water partition coefficient (Wildman–Crippen LogP) is 4.78. The van der Waals surface area contributed by atoms with E-state index in [9.17, 15) is 19.5 Å². The van der Waals surface area contributed by atoms with Gasteiger partial charge in [0.2, 0.25) is 0 Å². The molecule has 0 radical (unpaired) electrons. The monoisotopic (exact) mass is 558 g/mol. The summed E-state index contributed by atoms with van der Waals surface area (Å²) in [6.07, 6.45) is 3.34. The third-order valence-corrected chi connectivity index (χ3v) is 7.53. The molecule has 40 heavy (non-hydrogen) atoms. The number of esters is 1. The van der Waals surface area contributed by atoms with Crippen molar-refractivity contribution in [3.8, 4) is 5.75 Å². The van der Waals surface area contributed by atoms with E-state index in [0.717, 1.165) is 11.3 Å². The Morgan fingerprint density at radius 3 is 2.58 bits per heavy atom. The normalized spacial score (nSPS) is 16.5. The van der Waals surface area contributed by atoms with Crippen molar-refractivity contribution in [3.05, 3.63) is 94.4 Å². The summed E-state index contributed by atoms with van der Waals surface area (Å²) in [6.45, 7) is 9.17. The van der Waals surface area contributed by atoms with Crippen LogP contribution in [0, 0.1) is 13.8 Å². The first-order chi connectivity index (χ1) is 19.3. The number of Topliss-reactive ketones (excluding diaryl/α,β-unsaturated/α-hetero) is 1. The van der Waals surface area contributed by atoms with Crippen molar-refractivity contribution < 1.29 is 29.0 Å². The second kappa shape index (κ2) is 10.8. The molecule has 4 aromatic rings. The maximum atomic E-state index is 13.6. The van der Waals surface area contributed by atoms with Gasteiger partial charge in [-0.15, -0.1) is 0 Å². The summed E-state index contributed by atoms with van der Waals surface area (Å²) >= 11 is 0.950. The number of thiazole rings is 1. The van der Waals surface area contributed by atoms with Crippen molar-refractivity contribution in [2.24, 2.45) is 0 Å². The molecule has 0 bridgehead atoms. The lowest BCUT2D eigenvalue weighted by molar-refractivity contribution is -0.132. The van der Waals surface area contributed by atoms with Crippen molar-refractivity contribution in [3.63, 3.8) is 0 Å². The summed E-state index contributed by atoms with van der Waals surface area (Å²) in [7, 11) is 0. The van der Waals surface area contributed by atoms with Crippen LogP contribution in [0.1, 0.15) is 45.3 Å². The van der Waals surface area contributed by atoms with Gasteiger partial charge in [0.1, 0.15) is 28.6 Å². The van der Waals surface area contributed by atoms with Crippen LogP contribution in [0.15, 0.2) is 66.9 Å². The van der Waals surface area contributed by atoms with E-state index in [1.807, 2.05) is 6.07 Å². The number of hydrogen-bond donors (Lipinski definition) is 1. The fourth-order valence-corrected chi connectivity index (χ4v) is 5.63. The van der Waals surface area contributed by atoms with Crippen LogP contribution in [-0.4, -0.2) is 50.3 Å². The number of rotatable bonds is 8. The smallest absolute Gasteiger partial charge is 0.350 e. The van der Waals surface area contributed by atoms with Crippen LogP contribution in [0.5, 0.6) is 5.75 Å². The molecule has 10 nitrogen and oxygen atoms in total. The molecule has 1 saturated heterocycles. The minimum absolute atomic E-state index is 0.121. The van der Waals surface area contributed by atoms with Gasteiger partial charge in [-0.3, -0.25) is 18.9 Å². The summed E-state index contributed by atoms with van der Waals surface area (Å²) in [5.74, 6) is -2.14. The molecule has 1 unspecified atom stereocenters. The number of pyridine rings is 1. The lowest BCUT2D eigenvalue weighted by Gasteiger charge is -2.23. The number of carbonyl (C=O) groups is 3. The Balaban J connectivity index is 1.71. The van der Waals surface area contributed by atoms with Crippen LogP contribution in [0.25, 0.3) is 11.4 Å². The lowest BCUT2D eigenvalue weighted by Crippen LogP contribution is -2.29. The number of nitrogens with zero attached hydrogens (tertiary/aromatic N) is 4. The molecule has 3 aromatic heterocycles. The highest BCUT2D eigenvalue weighted by Crippen LogP contribution is 2.44.